The number of ketones is 1. The van der Waals surface area contributed by atoms with Crippen molar-refractivity contribution >= 4 is 46.4 Å². The van der Waals surface area contributed by atoms with Crippen LogP contribution in [0.15, 0.2) is 72.6 Å². The van der Waals surface area contributed by atoms with Crippen LogP contribution in [-0.4, -0.2) is 124 Å². The van der Waals surface area contributed by atoms with Gasteiger partial charge in [-0.15, -0.1) is 11.3 Å². The van der Waals surface area contributed by atoms with Gasteiger partial charge in [-0.1, -0.05) is 88.7 Å². The summed E-state index contributed by atoms with van der Waals surface area (Å²) in [7, 11) is 0. The number of amides is 2. The number of hydrogen-bond donors (Lipinski definition) is 3. The number of anilines is 1. The van der Waals surface area contributed by atoms with Gasteiger partial charge in [0.15, 0.2) is 0 Å². The number of halogens is 1. The first-order valence-electron chi connectivity index (χ1n) is 24.9. The molecule has 2 fully saturated rings. The van der Waals surface area contributed by atoms with Crippen molar-refractivity contribution in [3.05, 3.63) is 106 Å². The molecule has 2 amide bonds. The lowest BCUT2D eigenvalue weighted by molar-refractivity contribution is -0.142. The third-order valence-electron chi connectivity index (χ3n) is 14.2. The Morgan fingerprint density at radius 3 is 2.26 bits per heavy atom. The van der Waals surface area contributed by atoms with Gasteiger partial charge in [0.25, 0.3) is 0 Å². The molecule has 2 aromatic carbocycles. The van der Waals surface area contributed by atoms with Gasteiger partial charge in [-0.25, -0.2) is 15.0 Å². The Hall–Kier alpha value is -4.77. The van der Waals surface area contributed by atoms with Crippen LogP contribution in [-0.2, 0) is 23.9 Å². The van der Waals surface area contributed by atoms with Crippen LogP contribution in [0.25, 0.3) is 10.4 Å². The molecule has 16 heteroatoms. The van der Waals surface area contributed by atoms with Crippen molar-refractivity contribution in [3.63, 3.8) is 0 Å². The summed E-state index contributed by atoms with van der Waals surface area (Å²) in [5.41, 5.74) is 7.90. The second-order valence-corrected chi connectivity index (χ2v) is 21.7. The average Bonchev–Trinajstić information content (AvgIpc) is 4.04. The predicted molar refractivity (Wildman–Crippen MR) is 275 cm³/mol. The summed E-state index contributed by atoms with van der Waals surface area (Å²) in [6, 6.07) is 15.4. The first-order chi connectivity index (χ1) is 33.5. The van der Waals surface area contributed by atoms with Crippen molar-refractivity contribution < 1.29 is 34.1 Å². The largest absolute Gasteiger partial charge is 0.391 e. The minimum Gasteiger partial charge on any atom is -0.391 e. The normalized spacial score (nSPS) is 20.6. The van der Waals surface area contributed by atoms with Crippen LogP contribution in [0.1, 0.15) is 132 Å². The molecule has 0 unspecified atom stereocenters. The molecule has 1 aliphatic carbocycles. The molecule has 378 valence electrons. The Labute approximate surface area is 422 Å². The lowest BCUT2D eigenvalue weighted by atomic mass is 9.76. The maximum atomic E-state index is 14.3. The minimum absolute atomic E-state index is 0.0519. The number of aliphatic hydroxyl groups excluding tert-OH is 2. The molecule has 2 aliphatic heterocycles. The van der Waals surface area contributed by atoms with Gasteiger partial charge in [-0.3, -0.25) is 14.4 Å². The Balaban J connectivity index is 0.811. The van der Waals surface area contributed by atoms with E-state index >= 15 is 0 Å². The summed E-state index contributed by atoms with van der Waals surface area (Å²) >= 11 is 7.85. The fourth-order valence-corrected chi connectivity index (χ4v) is 11.1. The van der Waals surface area contributed by atoms with Crippen LogP contribution >= 0.6 is 22.9 Å². The molecule has 3 aliphatic rings. The zero-order valence-corrected chi connectivity index (χ0v) is 43.3. The van der Waals surface area contributed by atoms with Crippen LogP contribution < -0.4 is 10.2 Å². The number of aryl methyl sites for hydroxylation is 1. The number of piperazine rings is 1. The lowest BCUT2D eigenvalue weighted by Gasteiger charge is -2.38. The number of unbranched alkanes of at least 4 members (excludes halogenated alkanes) is 1. The van der Waals surface area contributed by atoms with Crippen LogP contribution in [0.5, 0.6) is 0 Å². The van der Waals surface area contributed by atoms with Gasteiger partial charge in [0.2, 0.25) is 11.8 Å². The summed E-state index contributed by atoms with van der Waals surface area (Å²) in [5, 5.41) is 25.4. The number of thiazole rings is 1. The summed E-state index contributed by atoms with van der Waals surface area (Å²) in [6.07, 6.45) is 3.78. The van der Waals surface area contributed by atoms with Gasteiger partial charge in [0.1, 0.15) is 17.9 Å². The zero-order chi connectivity index (χ0) is 50.1. The number of hydrogen-bond acceptors (Lipinski definition) is 13. The second kappa shape index (κ2) is 24.1. The van der Waals surface area contributed by atoms with Crippen molar-refractivity contribution in [3.8, 4) is 10.4 Å². The summed E-state index contributed by atoms with van der Waals surface area (Å²) in [5.74, 6) is 0.0452. The SMILES string of the molecule is C=C(N[C@@H](C)c1ccc(-c2scnc2C)cc1)[C@@H]1C[C@@H](O)CN1C(=O)[C@@H](CC(=O)CCOCCOCCCC[C@@H](C(=O)N1CCN(c2ncnc3c2[C@H](C)C[C@H]3O)CC1)c1ccc(Cl)cc1)C(C)(C)C. The number of nitrogens with zero attached hydrogens (tertiary/aromatic N) is 6. The van der Waals surface area contributed by atoms with E-state index in [0.717, 1.165) is 57.2 Å². The number of aromatic nitrogens is 3. The molecule has 7 rings (SSSR count). The molecule has 4 heterocycles. The van der Waals surface area contributed by atoms with Gasteiger partial charge >= 0.3 is 0 Å². The van der Waals surface area contributed by atoms with Gasteiger partial charge in [-0.2, -0.15) is 0 Å². The van der Waals surface area contributed by atoms with E-state index in [9.17, 15) is 24.6 Å². The smallest absolute Gasteiger partial charge is 0.230 e. The van der Waals surface area contributed by atoms with Crippen LogP contribution in [0.4, 0.5) is 5.82 Å². The van der Waals surface area contributed by atoms with Gasteiger partial charge in [0, 0.05) is 86.8 Å². The van der Waals surface area contributed by atoms with E-state index in [0.29, 0.717) is 76.0 Å². The van der Waals surface area contributed by atoms with E-state index in [4.69, 9.17) is 21.1 Å². The molecule has 0 spiro atoms. The summed E-state index contributed by atoms with van der Waals surface area (Å²) in [4.78, 5) is 62.1. The van der Waals surface area contributed by atoms with Crippen molar-refractivity contribution in [2.45, 2.75) is 123 Å². The summed E-state index contributed by atoms with van der Waals surface area (Å²) in [6.45, 7) is 20.5. The third kappa shape index (κ3) is 13.2. The molecule has 14 nitrogen and oxygen atoms in total. The van der Waals surface area contributed by atoms with Crippen molar-refractivity contribution in [2.24, 2.45) is 11.3 Å². The maximum Gasteiger partial charge on any atom is 0.230 e. The standard InChI is InChI=1S/C54H72ClN7O7S/c1-34-28-47(65)49-48(34)51(57-32-56-49)60-20-22-61(23-21-60)52(66)44(39-15-17-41(55)18-16-39)10-8-9-24-68-26-27-69-25-19-42(63)29-45(54(5,6)7)53(67)62-31-43(64)30-46(62)36(3)59-35(2)38-11-13-40(14-12-38)50-37(4)58-33-70-50/h11-18,32-35,43-47,59,64-65H,3,8-10,19-31H2,1-2,4-7H3/t34-,35+,43-,44-,45-,46+,47-/m1/s1. The van der Waals surface area contributed by atoms with Gasteiger partial charge < -0.3 is 39.7 Å². The van der Waals surface area contributed by atoms with E-state index in [1.165, 1.54) is 6.33 Å². The van der Waals surface area contributed by atoms with Crippen molar-refractivity contribution in [2.75, 3.05) is 64.1 Å². The molecule has 70 heavy (non-hydrogen) atoms. The maximum absolute atomic E-state index is 14.3. The Morgan fingerprint density at radius 2 is 1.59 bits per heavy atom. The van der Waals surface area contributed by atoms with E-state index in [2.05, 4.69) is 69.9 Å². The zero-order valence-electron chi connectivity index (χ0n) is 41.7. The van der Waals surface area contributed by atoms with Crippen molar-refractivity contribution in [1.29, 1.82) is 0 Å². The Morgan fingerprint density at radius 1 is 0.900 bits per heavy atom. The number of carbonyl (C=O) groups is 3. The quantitative estimate of drug-likeness (QED) is 0.0642. The van der Waals surface area contributed by atoms with Crippen molar-refractivity contribution in [1.82, 2.24) is 30.1 Å². The number of carbonyl (C=O) groups excluding carboxylic acids is 3. The molecule has 3 N–H and O–H groups in total. The first-order valence-corrected chi connectivity index (χ1v) is 26.2. The highest BCUT2D eigenvalue weighted by Gasteiger charge is 2.43. The number of benzene rings is 2. The highest BCUT2D eigenvalue weighted by molar-refractivity contribution is 7.13. The fourth-order valence-electron chi connectivity index (χ4n) is 10.1. The van der Waals surface area contributed by atoms with Gasteiger partial charge in [0.05, 0.1) is 65.8 Å². The Bertz CT molecular complexity index is 2400. The van der Waals surface area contributed by atoms with E-state index in [-0.39, 0.29) is 61.5 Å². The van der Waals surface area contributed by atoms with E-state index in [1.54, 1.807) is 16.2 Å². The van der Waals surface area contributed by atoms with E-state index in [1.807, 2.05) is 62.4 Å². The molecular formula is C54H72ClN7O7S. The monoisotopic (exact) mass is 997 g/mol. The number of aliphatic hydroxyl groups is 2. The molecule has 0 radical (unpaired) electrons. The van der Waals surface area contributed by atoms with E-state index < -0.39 is 29.6 Å². The Kier molecular flexibility index (Phi) is 18.3. The fraction of sp³-hybridized carbons (Fsp3) is 0.556. The highest BCUT2D eigenvalue weighted by Crippen LogP contribution is 2.43. The molecule has 0 bridgehead atoms. The number of fused-ring (bicyclic) bond motifs is 1. The molecule has 2 saturated heterocycles. The second-order valence-electron chi connectivity index (χ2n) is 20.4. The number of likely N-dealkylation sites (tertiary alicyclic amines) is 1. The number of ether oxygens (including phenoxy) is 2. The van der Waals surface area contributed by atoms with Crippen LogP contribution in [0, 0.1) is 18.3 Å². The predicted octanol–water partition coefficient (Wildman–Crippen LogP) is 8.58. The van der Waals surface area contributed by atoms with Crippen LogP contribution in [0.3, 0.4) is 0 Å². The van der Waals surface area contributed by atoms with Gasteiger partial charge in [-0.05, 0) is 73.3 Å². The number of β-amino-alcohol motifs (C(OH)–C–C–N with tert-alkyl or cyclic N) is 1. The lowest BCUT2D eigenvalue weighted by Crippen LogP contribution is -2.50. The molecule has 7 atom stereocenters. The molecule has 0 saturated carbocycles. The molecule has 4 aromatic rings. The number of nitrogens with one attached hydrogen (secondary N) is 1. The number of Topliss-reactive ketones (excluding diaryl/α,β-unsaturated/α-hetero) is 1. The first kappa shape index (κ1) is 53.0. The third-order valence-corrected chi connectivity index (χ3v) is 15.5. The van der Waals surface area contributed by atoms with Crippen LogP contribution in [0.2, 0.25) is 5.02 Å². The highest BCUT2D eigenvalue weighted by atomic mass is 35.5. The topological polar surface area (TPSA) is 171 Å². The minimum atomic E-state index is -0.690. The average molecular weight is 999 g/mol. The molecule has 2 aromatic heterocycles. The number of rotatable bonds is 22. The summed E-state index contributed by atoms with van der Waals surface area (Å²) < 4.78 is 11.7. The molecular weight excluding hydrogens is 926 g/mol.